The lowest BCUT2D eigenvalue weighted by atomic mass is 9.67. The first kappa shape index (κ1) is 8.67. The molecule has 0 N–H and O–H groups in total. The fourth-order valence-electron chi connectivity index (χ4n) is 2.67. The van der Waals surface area contributed by atoms with Crippen molar-refractivity contribution in [3.63, 3.8) is 0 Å². The first-order valence-corrected chi connectivity index (χ1v) is 4.81. The maximum atomic E-state index is 11.6. The summed E-state index contributed by atoms with van der Waals surface area (Å²) in [5, 5.41) is 0. The van der Waals surface area contributed by atoms with Crippen molar-refractivity contribution >= 4 is 11.6 Å². The molecule has 2 saturated carbocycles. The SMILES string of the molecule is C=C1C(=O)CC[C@@]2(C)C(=O)CC[C@H]12. The zero-order valence-corrected chi connectivity index (χ0v) is 7.93. The number of Topliss-reactive ketones (excluding diaryl/α,β-unsaturated/α-hetero) is 2. The van der Waals surface area contributed by atoms with Gasteiger partial charge in [0.05, 0.1) is 0 Å². The Bertz CT molecular complexity index is 303. The minimum Gasteiger partial charge on any atom is -0.299 e. The van der Waals surface area contributed by atoms with Crippen LogP contribution in [-0.2, 0) is 9.59 Å². The Morgan fingerprint density at radius 1 is 1.38 bits per heavy atom. The Morgan fingerprint density at radius 3 is 2.77 bits per heavy atom. The summed E-state index contributed by atoms with van der Waals surface area (Å²) in [4.78, 5) is 23.0. The van der Waals surface area contributed by atoms with Gasteiger partial charge in [-0.3, -0.25) is 9.59 Å². The molecule has 0 aromatic rings. The number of carbonyl (C=O) groups is 2. The fraction of sp³-hybridized carbons (Fsp3) is 0.636. The summed E-state index contributed by atoms with van der Waals surface area (Å²) in [5.74, 6) is 0.629. The number of hydrogen-bond acceptors (Lipinski definition) is 2. The highest BCUT2D eigenvalue weighted by molar-refractivity contribution is 6.00. The van der Waals surface area contributed by atoms with Crippen LogP contribution in [0, 0.1) is 11.3 Å². The Hall–Kier alpha value is -0.920. The third-order valence-corrected chi connectivity index (χ3v) is 3.72. The second-order valence-corrected chi connectivity index (χ2v) is 4.38. The van der Waals surface area contributed by atoms with Gasteiger partial charge in [-0.05, 0) is 24.3 Å². The van der Waals surface area contributed by atoms with E-state index >= 15 is 0 Å². The zero-order chi connectivity index (χ0) is 9.64. The van der Waals surface area contributed by atoms with E-state index < -0.39 is 0 Å². The number of ketones is 2. The molecular weight excluding hydrogens is 164 g/mol. The molecule has 2 aliphatic rings. The molecule has 0 bridgehead atoms. The van der Waals surface area contributed by atoms with E-state index in [1.54, 1.807) is 0 Å². The number of hydrogen-bond donors (Lipinski definition) is 0. The highest BCUT2D eigenvalue weighted by atomic mass is 16.1. The number of carbonyl (C=O) groups excluding carboxylic acids is 2. The van der Waals surface area contributed by atoms with Crippen LogP contribution in [0.3, 0.4) is 0 Å². The molecule has 13 heavy (non-hydrogen) atoms. The van der Waals surface area contributed by atoms with Gasteiger partial charge in [-0.15, -0.1) is 0 Å². The van der Waals surface area contributed by atoms with E-state index in [0.717, 1.165) is 12.8 Å². The van der Waals surface area contributed by atoms with Crippen molar-refractivity contribution in [2.45, 2.75) is 32.6 Å². The van der Waals surface area contributed by atoms with E-state index in [2.05, 4.69) is 6.58 Å². The summed E-state index contributed by atoms with van der Waals surface area (Å²) in [6.07, 6.45) is 2.71. The summed E-state index contributed by atoms with van der Waals surface area (Å²) in [6.45, 7) is 5.81. The van der Waals surface area contributed by atoms with Crippen molar-refractivity contribution in [1.29, 1.82) is 0 Å². The number of fused-ring (bicyclic) bond motifs is 1. The first-order valence-electron chi connectivity index (χ1n) is 4.81. The smallest absolute Gasteiger partial charge is 0.158 e. The van der Waals surface area contributed by atoms with Gasteiger partial charge in [-0.1, -0.05) is 13.5 Å². The lowest BCUT2D eigenvalue weighted by molar-refractivity contribution is -0.128. The molecule has 2 fully saturated rings. The van der Waals surface area contributed by atoms with Gasteiger partial charge in [0.2, 0.25) is 0 Å². The van der Waals surface area contributed by atoms with Gasteiger partial charge in [0.1, 0.15) is 5.78 Å². The Balaban J connectivity index is 2.37. The molecule has 0 aromatic heterocycles. The van der Waals surface area contributed by atoms with Gasteiger partial charge in [-0.25, -0.2) is 0 Å². The normalized spacial score (nSPS) is 39.5. The summed E-state index contributed by atoms with van der Waals surface area (Å²) in [6, 6.07) is 0. The maximum absolute atomic E-state index is 11.6. The average molecular weight is 178 g/mol. The van der Waals surface area contributed by atoms with Crippen LogP contribution in [0.2, 0.25) is 0 Å². The van der Waals surface area contributed by atoms with E-state index in [-0.39, 0.29) is 17.1 Å². The van der Waals surface area contributed by atoms with Gasteiger partial charge in [0, 0.05) is 18.3 Å². The Morgan fingerprint density at radius 2 is 2.08 bits per heavy atom. The van der Waals surface area contributed by atoms with Crippen LogP contribution >= 0.6 is 0 Å². The van der Waals surface area contributed by atoms with Gasteiger partial charge >= 0.3 is 0 Å². The summed E-state index contributed by atoms with van der Waals surface area (Å²) in [5.41, 5.74) is 0.435. The molecule has 70 valence electrons. The van der Waals surface area contributed by atoms with E-state index in [4.69, 9.17) is 0 Å². The average Bonchev–Trinajstić information content (AvgIpc) is 2.39. The van der Waals surface area contributed by atoms with Crippen LogP contribution in [0.5, 0.6) is 0 Å². The number of rotatable bonds is 0. The van der Waals surface area contributed by atoms with E-state index in [0.29, 0.717) is 24.2 Å². The van der Waals surface area contributed by atoms with Gasteiger partial charge in [-0.2, -0.15) is 0 Å². The maximum Gasteiger partial charge on any atom is 0.158 e. The quantitative estimate of drug-likeness (QED) is 0.531. The molecule has 0 radical (unpaired) electrons. The Labute approximate surface area is 78.0 Å². The van der Waals surface area contributed by atoms with E-state index in [1.807, 2.05) is 6.92 Å². The molecule has 2 aliphatic carbocycles. The van der Waals surface area contributed by atoms with Gasteiger partial charge < -0.3 is 0 Å². The van der Waals surface area contributed by atoms with E-state index in [1.165, 1.54) is 0 Å². The van der Waals surface area contributed by atoms with Crippen molar-refractivity contribution in [2.75, 3.05) is 0 Å². The predicted octanol–water partition coefficient (Wildman–Crippen LogP) is 1.89. The standard InChI is InChI=1S/C11H14O2/c1-7-8-3-4-10(13)11(8,2)6-5-9(7)12/h8H,1,3-6H2,2H3/t8-,11-/m1/s1. The molecule has 0 amide bonds. The summed E-state index contributed by atoms with van der Waals surface area (Å²) >= 11 is 0. The van der Waals surface area contributed by atoms with Crippen molar-refractivity contribution in [3.05, 3.63) is 12.2 Å². The minimum atomic E-state index is -0.259. The van der Waals surface area contributed by atoms with Crippen LogP contribution in [-0.4, -0.2) is 11.6 Å². The molecule has 0 saturated heterocycles. The Kier molecular flexibility index (Phi) is 1.69. The monoisotopic (exact) mass is 178 g/mol. The fourth-order valence-corrected chi connectivity index (χ4v) is 2.67. The second-order valence-electron chi connectivity index (χ2n) is 4.38. The minimum absolute atomic E-state index is 0.140. The van der Waals surface area contributed by atoms with Crippen LogP contribution < -0.4 is 0 Å². The molecule has 2 heteroatoms. The molecular formula is C11H14O2. The molecule has 0 spiro atoms. The lowest BCUT2D eigenvalue weighted by Crippen LogP contribution is -2.36. The van der Waals surface area contributed by atoms with Crippen molar-refractivity contribution in [2.24, 2.45) is 11.3 Å². The highest BCUT2D eigenvalue weighted by Gasteiger charge is 2.50. The summed E-state index contributed by atoms with van der Waals surface area (Å²) < 4.78 is 0. The molecule has 0 aliphatic heterocycles. The third-order valence-electron chi connectivity index (χ3n) is 3.72. The van der Waals surface area contributed by atoms with Crippen LogP contribution in [0.15, 0.2) is 12.2 Å². The van der Waals surface area contributed by atoms with Crippen molar-refractivity contribution < 1.29 is 9.59 Å². The molecule has 2 rings (SSSR count). The molecule has 2 atom stereocenters. The van der Waals surface area contributed by atoms with Crippen molar-refractivity contribution in [1.82, 2.24) is 0 Å². The number of allylic oxidation sites excluding steroid dienone is 1. The van der Waals surface area contributed by atoms with Crippen LogP contribution in [0.4, 0.5) is 0 Å². The van der Waals surface area contributed by atoms with Crippen LogP contribution in [0.1, 0.15) is 32.6 Å². The third kappa shape index (κ3) is 1.01. The topological polar surface area (TPSA) is 34.1 Å². The molecule has 0 unspecified atom stereocenters. The first-order chi connectivity index (χ1) is 6.05. The molecule has 2 nitrogen and oxygen atoms in total. The zero-order valence-electron chi connectivity index (χ0n) is 7.93. The highest BCUT2D eigenvalue weighted by Crippen LogP contribution is 2.50. The predicted molar refractivity (Wildman–Crippen MR) is 49.2 cm³/mol. The lowest BCUT2D eigenvalue weighted by Gasteiger charge is -2.35. The molecule has 0 aromatic carbocycles. The second kappa shape index (κ2) is 2.53. The van der Waals surface area contributed by atoms with Gasteiger partial charge in [0.25, 0.3) is 0 Å². The van der Waals surface area contributed by atoms with E-state index in [9.17, 15) is 9.59 Å². The largest absolute Gasteiger partial charge is 0.299 e. The van der Waals surface area contributed by atoms with Crippen LogP contribution in [0.25, 0.3) is 0 Å². The van der Waals surface area contributed by atoms with Crippen molar-refractivity contribution in [3.8, 4) is 0 Å². The molecule has 0 heterocycles. The summed E-state index contributed by atoms with van der Waals surface area (Å²) in [7, 11) is 0. The van der Waals surface area contributed by atoms with Gasteiger partial charge in [0.15, 0.2) is 5.78 Å².